The van der Waals surface area contributed by atoms with Crippen LogP contribution in [-0.4, -0.2) is 58.0 Å². The molecule has 0 N–H and O–H groups in total. The van der Waals surface area contributed by atoms with E-state index in [2.05, 4.69) is 28.7 Å². The lowest BCUT2D eigenvalue weighted by atomic mass is 10.1. The maximum atomic E-state index is 13.8. The van der Waals surface area contributed by atoms with Gasteiger partial charge in [-0.15, -0.1) is 16.9 Å². The molecule has 0 amide bonds. The van der Waals surface area contributed by atoms with Crippen LogP contribution in [0.1, 0.15) is 26.7 Å². The van der Waals surface area contributed by atoms with Crippen molar-refractivity contribution in [2.24, 2.45) is 0 Å². The van der Waals surface area contributed by atoms with Crippen LogP contribution < -0.4 is 9.80 Å². The van der Waals surface area contributed by atoms with Gasteiger partial charge in [-0.2, -0.15) is 12.5 Å². The van der Waals surface area contributed by atoms with E-state index in [9.17, 15) is 12.8 Å². The number of hydrogen-bond donors (Lipinski definition) is 0. The van der Waals surface area contributed by atoms with Gasteiger partial charge < -0.3 is 9.80 Å². The third-order valence-corrected chi connectivity index (χ3v) is 9.88. The third kappa shape index (κ3) is 4.40. The molecule has 1 aliphatic heterocycles. The molecule has 198 valence electrons. The number of thioether (sulfide) groups is 1. The van der Waals surface area contributed by atoms with Crippen molar-refractivity contribution in [2.45, 2.75) is 47.3 Å². The number of rotatable bonds is 6. The predicted molar refractivity (Wildman–Crippen MR) is 148 cm³/mol. The van der Waals surface area contributed by atoms with Crippen LogP contribution in [0.4, 0.5) is 16.2 Å². The van der Waals surface area contributed by atoms with E-state index >= 15 is 0 Å². The van der Waals surface area contributed by atoms with Crippen LogP contribution in [0.5, 0.6) is 0 Å². The largest absolute Gasteiger partial charge is 0.345 e. The zero-order valence-electron chi connectivity index (χ0n) is 20.9. The van der Waals surface area contributed by atoms with Gasteiger partial charge >= 0.3 is 0 Å². The minimum absolute atomic E-state index is 0.168. The normalized spacial score (nSPS) is 17.1. The summed E-state index contributed by atoms with van der Waals surface area (Å²) in [5, 5.41) is 6.15. The number of aromatic nitrogens is 4. The zero-order valence-corrected chi connectivity index (χ0v) is 23.3. The van der Waals surface area contributed by atoms with Gasteiger partial charge in [-0.25, -0.2) is 14.4 Å². The zero-order chi connectivity index (χ0) is 26.7. The Labute approximate surface area is 229 Å². The predicted octanol–water partition coefficient (Wildman–Crippen LogP) is 5.22. The van der Waals surface area contributed by atoms with Crippen molar-refractivity contribution in [3.05, 3.63) is 65.7 Å². The molecule has 1 saturated carbocycles. The average molecular weight is 573 g/mol. The van der Waals surface area contributed by atoms with E-state index in [4.69, 9.17) is 16.7 Å². The first-order valence-corrected chi connectivity index (χ1v) is 15.1. The van der Waals surface area contributed by atoms with E-state index in [1.807, 2.05) is 17.0 Å². The molecule has 1 aliphatic carbocycles. The van der Waals surface area contributed by atoms with Gasteiger partial charge in [-0.1, -0.05) is 31.5 Å². The minimum Gasteiger partial charge on any atom is -0.345 e. The van der Waals surface area contributed by atoms with Gasteiger partial charge in [0.05, 0.1) is 38.8 Å². The number of halogens is 2. The molecule has 12 heteroatoms. The van der Waals surface area contributed by atoms with Crippen LogP contribution in [0.3, 0.4) is 0 Å². The second-order valence-electron chi connectivity index (χ2n) is 9.94. The second-order valence-corrected chi connectivity index (χ2v) is 13.8. The molecule has 0 unspecified atom stereocenters. The van der Waals surface area contributed by atoms with Crippen molar-refractivity contribution in [3.63, 3.8) is 0 Å². The fourth-order valence-corrected chi connectivity index (χ4v) is 7.40. The Hall–Kier alpha value is -2.89. The third-order valence-electron chi connectivity index (χ3n) is 6.95. The van der Waals surface area contributed by atoms with Crippen molar-refractivity contribution in [1.82, 2.24) is 19.2 Å². The molecular formula is C26H26ClFN6O2S2. The van der Waals surface area contributed by atoms with Gasteiger partial charge in [0.15, 0.2) is 11.6 Å². The number of piperazine rings is 1. The molecular weight excluding hydrogens is 547 g/mol. The number of fused-ring (bicyclic) bond motifs is 1. The molecule has 2 aliphatic rings. The Kier molecular flexibility index (Phi) is 6.27. The fourth-order valence-electron chi connectivity index (χ4n) is 5.04. The van der Waals surface area contributed by atoms with Crippen molar-refractivity contribution >= 4 is 56.1 Å². The Balaban J connectivity index is 1.38. The van der Waals surface area contributed by atoms with Crippen molar-refractivity contribution < 1.29 is 12.8 Å². The molecule has 6 rings (SSSR count). The lowest BCUT2D eigenvalue weighted by Gasteiger charge is -2.42. The molecule has 0 bridgehead atoms. The van der Waals surface area contributed by atoms with Gasteiger partial charge in [-0.05, 0) is 49.2 Å². The lowest BCUT2D eigenvalue weighted by Crippen LogP contribution is -2.56. The molecule has 4 aromatic rings. The molecule has 3 heterocycles. The van der Waals surface area contributed by atoms with E-state index in [1.165, 1.54) is 12.4 Å². The molecule has 2 aromatic heterocycles. The first-order valence-electron chi connectivity index (χ1n) is 12.4. The van der Waals surface area contributed by atoms with Crippen LogP contribution >= 0.6 is 23.4 Å². The summed E-state index contributed by atoms with van der Waals surface area (Å²) in [6, 6.07) is 12.1. The number of anilines is 2. The lowest BCUT2D eigenvalue weighted by molar-refractivity contribution is 0.497. The van der Waals surface area contributed by atoms with E-state index in [-0.39, 0.29) is 10.4 Å². The van der Waals surface area contributed by atoms with Gasteiger partial charge in [-0.3, -0.25) is 0 Å². The summed E-state index contributed by atoms with van der Waals surface area (Å²) in [4.78, 5) is 13.7. The van der Waals surface area contributed by atoms with Crippen molar-refractivity contribution in [2.75, 3.05) is 29.4 Å². The summed E-state index contributed by atoms with van der Waals surface area (Å²) in [6.45, 7) is 5.96. The highest BCUT2D eigenvalue weighted by molar-refractivity contribution is 7.99. The average Bonchev–Trinajstić information content (AvgIpc) is 3.52. The van der Waals surface area contributed by atoms with Crippen LogP contribution in [-0.2, 0) is 10.0 Å². The Morgan fingerprint density at radius 3 is 2.42 bits per heavy atom. The SMILES string of the molecule is CC(C)Sc1ccc(S(=O)(=O)n2nc(N3CCN(c4ncc(F)cn4)CC34CC4)c3c(Cl)cccc32)cc1. The van der Waals surface area contributed by atoms with Crippen LogP contribution in [0.2, 0.25) is 5.02 Å². The highest BCUT2D eigenvalue weighted by Gasteiger charge is 2.53. The number of hydrogen-bond acceptors (Lipinski definition) is 8. The van der Waals surface area contributed by atoms with E-state index in [1.54, 1.807) is 42.1 Å². The monoisotopic (exact) mass is 572 g/mol. The topological polar surface area (TPSA) is 84.2 Å². The molecule has 2 fully saturated rings. The summed E-state index contributed by atoms with van der Waals surface area (Å²) >= 11 is 8.34. The summed E-state index contributed by atoms with van der Waals surface area (Å²) < 4.78 is 42.1. The van der Waals surface area contributed by atoms with Gasteiger partial charge in [0, 0.05) is 29.8 Å². The molecule has 1 spiro atoms. The van der Waals surface area contributed by atoms with Crippen LogP contribution in [0, 0.1) is 5.82 Å². The second kappa shape index (κ2) is 9.39. The van der Waals surface area contributed by atoms with Crippen LogP contribution in [0.25, 0.3) is 10.9 Å². The first-order chi connectivity index (χ1) is 18.2. The Morgan fingerprint density at radius 2 is 1.76 bits per heavy atom. The van der Waals surface area contributed by atoms with Crippen LogP contribution in [0.15, 0.2) is 64.6 Å². The van der Waals surface area contributed by atoms with E-state index < -0.39 is 15.8 Å². The number of nitrogens with zero attached hydrogens (tertiary/aromatic N) is 6. The quantitative estimate of drug-likeness (QED) is 0.291. The highest BCUT2D eigenvalue weighted by Crippen LogP contribution is 2.49. The number of benzene rings is 2. The fraction of sp³-hybridized carbons (Fsp3) is 0.346. The summed E-state index contributed by atoms with van der Waals surface area (Å²) in [5.41, 5.74) is 0.189. The molecule has 8 nitrogen and oxygen atoms in total. The molecule has 0 atom stereocenters. The van der Waals surface area contributed by atoms with Crippen molar-refractivity contribution in [3.8, 4) is 0 Å². The summed E-state index contributed by atoms with van der Waals surface area (Å²) in [7, 11) is -3.98. The first kappa shape index (κ1) is 25.4. The Morgan fingerprint density at radius 1 is 1.05 bits per heavy atom. The maximum Gasteiger partial charge on any atom is 0.283 e. The van der Waals surface area contributed by atoms with Gasteiger partial charge in [0.1, 0.15) is 0 Å². The minimum atomic E-state index is -3.98. The maximum absolute atomic E-state index is 13.8. The van der Waals surface area contributed by atoms with E-state index in [0.717, 1.165) is 21.8 Å². The Bertz CT molecular complexity index is 1610. The molecule has 2 aromatic carbocycles. The summed E-state index contributed by atoms with van der Waals surface area (Å²) in [6.07, 6.45) is 4.15. The smallest absolute Gasteiger partial charge is 0.283 e. The standard InChI is InChI=1S/C26H26ClFN6O2S2/c1-17(2)37-19-6-8-20(9-7-19)38(35,36)34-22-5-3-4-21(27)23(22)24(31-34)33-13-12-32(16-26(33)10-11-26)25-29-14-18(28)15-30-25/h3-9,14-15,17H,10-13,16H2,1-2H3. The van der Waals surface area contributed by atoms with Crippen molar-refractivity contribution in [1.29, 1.82) is 0 Å². The van der Waals surface area contributed by atoms with Gasteiger partial charge in [0.2, 0.25) is 5.95 Å². The summed E-state index contributed by atoms with van der Waals surface area (Å²) in [5.74, 6) is 0.556. The van der Waals surface area contributed by atoms with Gasteiger partial charge in [0.25, 0.3) is 10.0 Å². The molecule has 0 radical (unpaired) electrons. The highest BCUT2D eigenvalue weighted by atomic mass is 35.5. The molecule has 1 saturated heterocycles. The molecule has 38 heavy (non-hydrogen) atoms. The van der Waals surface area contributed by atoms with E-state index in [0.29, 0.717) is 52.6 Å².